The number of hydrogen-bond donors (Lipinski definition) is 2. The number of rotatable bonds is 7. The van der Waals surface area contributed by atoms with Crippen LogP contribution in [0, 0.1) is 5.92 Å². The van der Waals surface area contributed by atoms with Crippen molar-refractivity contribution in [1.82, 2.24) is 5.32 Å². The first-order valence-corrected chi connectivity index (χ1v) is 7.50. The van der Waals surface area contributed by atoms with Crippen molar-refractivity contribution in [3.05, 3.63) is 34.9 Å². The Labute approximate surface area is 134 Å². The Kier molecular flexibility index (Phi) is 5.08. The topological polar surface area (TPSA) is 75.6 Å². The van der Waals surface area contributed by atoms with Crippen LogP contribution in [0.2, 0.25) is 5.02 Å². The third-order valence-electron chi connectivity index (χ3n) is 3.83. The van der Waals surface area contributed by atoms with Crippen LogP contribution in [0.1, 0.15) is 31.2 Å². The lowest BCUT2D eigenvalue weighted by atomic mass is 9.98. The van der Waals surface area contributed by atoms with Gasteiger partial charge in [-0.2, -0.15) is 0 Å². The molecule has 0 bridgehead atoms. The molecular formula is C16H20ClNO4. The molecule has 2 N–H and O–H groups in total. The van der Waals surface area contributed by atoms with Crippen molar-refractivity contribution < 1.29 is 19.4 Å². The second kappa shape index (κ2) is 6.67. The summed E-state index contributed by atoms with van der Waals surface area (Å²) in [5.41, 5.74) is 0.137. The van der Waals surface area contributed by atoms with E-state index in [-0.39, 0.29) is 30.8 Å². The van der Waals surface area contributed by atoms with Gasteiger partial charge >= 0.3 is 5.97 Å². The molecule has 0 heterocycles. The average Bonchev–Trinajstić information content (AvgIpc) is 3.17. The zero-order chi connectivity index (χ0) is 16.3. The Morgan fingerprint density at radius 3 is 2.82 bits per heavy atom. The first-order chi connectivity index (χ1) is 10.3. The summed E-state index contributed by atoms with van der Waals surface area (Å²) in [6.07, 6.45) is 0.573. The minimum atomic E-state index is -0.970. The molecule has 1 aromatic rings. The quantitative estimate of drug-likeness (QED) is 0.807. The highest BCUT2D eigenvalue weighted by molar-refractivity contribution is 6.30. The number of ether oxygens (including phenoxy) is 1. The molecule has 22 heavy (non-hydrogen) atoms. The summed E-state index contributed by atoms with van der Waals surface area (Å²) in [6, 6.07) is 7.48. The largest absolute Gasteiger partial charge is 0.481 e. The maximum Gasteiger partial charge on any atom is 0.305 e. The molecule has 2 rings (SSSR count). The van der Waals surface area contributed by atoms with Gasteiger partial charge in [-0.3, -0.25) is 9.59 Å². The van der Waals surface area contributed by atoms with Gasteiger partial charge in [0.05, 0.1) is 18.6 Å². The summed E-state index contributed by atoms with van der Waals surface area (Å²) < 4.78 is 5.04. The van der Waals surface area contributed by atoms with E-state index in [2.05, 4.69) is 5.32 Å². The third kappa shape index (κ3) is 4.21. The summed E-state index contributed by atoms with van der Waals surface area (Å²) in [4.78, 5) is 23.3. The fraction of sp³-hybridized carbons (Fsp3) is 0.500. The van der Waals surface area contributed by atoms with Gasteiger partial charge in [-0.25, -0.2) is 0 Å². The molecule has 3 atom stereocenters. The van der Waals surface area contributed by atoms with E-state index >= 15 is 0 Å². The van der Waals surface area contributed by atoms with E-state index in [1.165, 1.54) is 7.11 Å². The molecule has 1 aliphatic carbocycles. The number of benzene rings is 1. The lowest BCUT2D eigenvalue weighted by Gasteiger charge is -2.28. The van der Waals surface area contributed by atoms with Crippen molar-refractivity contribution >= 4 is 23.5 Å². The van der Waals surface area contributed by atoms with E-state index in [4.69, 9.17) is 21.4 Å². The molecule has 0 spiro atoms. The van der Waals surface area contributed by atoms with Gasteiger partial charge in [0.1, 0.15) is 0 Å². The molecule has 1 aliphatic rings. The number of hydrogen-bond acceptors (Lipinski definition) is 3. The standard InChI is InChI=1S/C16H20ClNO4/c1-16(9-22-2,8-14(19)20)18-15(21)13-7-12(13)10-4-3-5-11(17)6-10/h3-6,12-13H,7-9H2,1-2H3,(H,18,21)(H,19,20). The molecule has 1 saturated carbocycles. The van der Waals surface area contributed by atoms with Gasteiger partial charge in [0.15, 0.2) is 0 Å². The molecule has 1 aromatic carbocycles. The van der Waals surface area contributed by atoms with Gasteiger partial charge in [-0.05, 0) is 37.0 Å². The van der Waals surface area contributed by atoms with Crippen molar-refractivity contribution in [3.8, 4) is 0 Å². The summed E-state index contributed by atoms with van der Waals surface area (Å²) in [5.74, 6) is -1.09. The number of amides is 1. The molecule has 0 radical (unpaired) electrons. The minimum absolute atomic E-state index is 0.134. The number of carbonyl (C=O) groups excluding carboxylic acids is 1. The fourth-order valence-corrected chi connectivity index (χ4v) is 2.96. The fourth-order valence-electron chi connectivity index (χ4n) is 2.76. The number of halogens is 1. The van der Waals surface area contributed by atoms with Gasteiger partial charge in [0, 0.05) is 18.1 Å². The van der Waals surface area contributed by atoms with E-state index in [0.717, 1.165) is 12.0 Å². The first kappa shape index (κ1) is 16.8. The smallest absolute Gasteiger partial charge is 0.305 e. The molecular weight excluding hydrogens is 306 g/mol. The minimum Gasteiger partial charge on any atom is -0.481 e. The number of nitrogens with one attached hydrogen (secondary N) is 1. The van der Waals surface area contributed by atoms with Crippen LogP contribution >= 0.6 is 11.6 Å². The molecule has 3 unspecified atom stereocenters. The number of carboxylic acids is 1. The second-order valence-corrected chi connectivity index (χ2v) is 6.49. The van der Waals surface area contributed by atoms with Crippen LogP contribution in [-0.2, 0) is 14.3 Å². The van der Waals surface area contributed by atoms with Crippen LogP contribution < -0.4 is 5.32 Å². The molecule has 6 heteroatoms. The van der Waals surface area contributed by atoms with Crippen LogP contribution in [0.3, 0.4) is 0 Å². The van der Waals surface area contributed by atoms with Crippen molar-refractivity contribution in [2.24, 2.45) is 5.92 Å². The van der Waals surface area contributed by atoms with Gasteiger partial charge in [0.2, 0.25) is 5.91 Å². The number of carboxylic acid groups (broad SMARTS) is 1. The Bertz CT molecular complexity index is 577. The van der Waals surface area contributed by atoms with Gasteiger partial charge in [0.25, 0.3) is 0 Å². The monoisotopic (exact) mass is 325 g/mol. The third-order valence-corrected chi connectivity index (χ3v) is 4.07. The summed E-state index contributed by atoms with van der Waals surface area (Å²) in [6.45, 7) is 1.83. The molecule has 0 aromatic heterocycles. The van der Waals surface area contributed by atoms with E-state index in [1.54, 1.807) is 13.0 Å². The van der Waals surface area contributed by atoms with Crippen LogP contribution in [0.15, 0.2) is 24.3 Å². The predicted octanol–water partition coefficient (Wildman–Crippen LogP) is 2.44. The highest BCUT2D eigenvalue weighted by Crippen LogP contribution is 2.48. The van der Waals surface area contributed by atoms with Crippen LogP contribution in [-0.4, -0.2) is 36.2 Å². The van der Waals surface area contributed by atoms with E-state index in [9.17, 15) is 9.59 Å². The average molecular weight is 326 g/mol. The van der Waals surface area contributed by atoms with Gasteiger partial charge in [-0.15, -0.1) is 0 Å². The Hall–Kier alpha value is -1.59. The van der Waals surface area contributed by atoms with Gasteiger partial charge in [-0.1, -0.05) is 23.7 Å². The van der Waals surface area contributed by atoms with Crippen LogP contribution in [0.4, 0.5) is 0 Å². The van der Waals surface area contributed by atoms with Crippen LogP contribution in [0.25, 0.3) is 0 Å². The van der Waals surface area contributed by atoms with Crippen LogP contribution in [0.5, 0.6) is 0 Å². The Morgan fingerprint density at radius 2 is 2.23 bits per heavy atom. The SMILES string of the molecule is COCC(C)(CC(=O)O)NC(=O)C1CC1c1cccc(Cl)c1. The van der Waals surface area contributed by atoms with E-state index in [0.29, 0.717) is 5.02 Å². The number of aliphatic carboxylic acids is 1. The highest BCUT2D eigenvalue weighted by atomic mass is 35.5. The molecule has 1 amide bonds. The summed E-state index contributed by atoms with van der Waals surface area (Å²) in [7, 11) is 1.48. The zero-order valence-electron chi connectivity index (χ0n) is 12.6. The van der Waals surface area contributed by atoms with Crippen molar-refractivity contribution in [2.75, 3.05) is 13.7 Å². The number of carbonyl (C=O) groups is 2. The lowest BCUT2D eigenvalue weighted by molar-refractivity contribution is -0.139. The Morgan fingerprint density at radius 1 is 1.50 bits per heavy atom. The molecule has 0 saturated heterocycles. The highest BCUT2D eigenvalue weighted by Gasteiger charge is 2.46. The maximum atomic E-state index is 12.4. The molecule has 120 valence electrons. The predicted molar refractivity (Wildman–Crippen MR) is 83.0 cm³/mol. The summed E-state index contributed by atoms with van der Waals surface area (Å²) >= 11 is 5.97. The second-order valence-electron chi connectivity index (χ2n) is 6.06. The number of methoxy groups -OCH3 is 1. The molecule has 0 aliphatic heterocycles. The molecule has 5 nitrogen and oxygen atoms in total. The summed E-state index contributed by atoms with van der Waals surface area (Å²) in [5, 5.41) is 12.5. The van der Waals surface area contributed by atoms with E-state index < -0.39 is 11.5 Å². The first-order valence-electron chi connectivity index (χ1n) is 7.13. The Balaban J connectivity index is 1.99. The van der Waals surface area contributed by atoms with E-state index in [1.807, 2.05) is 18.2 Å². The maximum absolute atomic E-state index is 12.4. The lowest BCUT2D eigenvalue weighted by Crippen LogP contribution is -2.51. The van der Waals surface area contributed by atoms with Crippen molar-refractivity contribution in [2.45, 2.75) is 31.2 Å². The zero-order valence-corrected chi connectivity index (χ0v) is 13.4. The van der Waals surface area contributed by atoms with Crippen molar-refractivity contribution in [3.63, 3.8) is 0 Å². The normalized spacial score (nSPS) is 22.7. The van der Waals surface area contributed by atoms with Gasteiger partial charge < -0.3 is 15.2 Å². The molecule has 1 fully saturated rings. The van der Waals surface area contributed by atoms with Crippen molar-refractivity contribution in [1.29, 1.82) is 0 Å².